The van der Waals surface area contributed by atoms with Crippen LogP contribution in [0, 0.1) is 6.92 Å². The van der Waals surface area contributed by atoms with Gasteiger partial charge in [-0.2, -0.15) is 0 Å². The highest BCUT2D eigenvalue weighted by molar-refractivity contribution is 6.02. The lowest BCUT2D eigenvalue weighted by Gasteiger charge is -2.07. The van der Waals surface area contributed by atoms with Gasteiger partial charge >= 0.3 is 0 Å². The molecule has 1 heterocycles. The van der Waals surface area contributed by atoms with Crippen LogP contribution in [0.4, 0.5) is 0 Å². The Balaban J connectivity index is 1.99. The van der Waals surface area contributed by atoms with E-state index in [0.717, 1.165) is 28.7 Å². The molecule has 0 fully saturated rings. The fourth-order valence-corrected chi connectivity index (χ4v) is 3.36. The molecule has 1 aromatic heterocycles. The molecule has 0 bridgehead atoms. The van der Waals surface area contributed by atoms with E-state index in [1.807, 2.05) is 6.07 Å². The van der Waals surface area contributed by atoms with Gasteiger partial charge in [-0.15, -0.1) is 0 Å². The number of benzene rings is 2. The van der Waals surface area contributed by atoms with Crippen molar-refractivity contribution in [2.75, 3.05) is 0 Å². The predicted octanol–water partition coefficient (Wildman–Crippen LogP) is 6.95. The number of rotatable bonds is 3. The molecule has 122 valence electrons. The molecule has 0 N–H and O–H groups in total. The molecule has 25 heavy (non-hydrogen) atoms. The first kappa shape index (κ1) is 15.5. The summed E-state index contributed by atoms with van der Waals surface area (Å²) in [6, 6.07) is 14.8. The quantitative estimate of drug-likeness (QED) is 0.508. The molecule has 0 unspecified atom stereocenters. The molecule has 3 aromatic rings. The van der Waals surface area contributed by atoms with Crippen molar-refractivity contribution in [3.63, 3.8) is 0 Å². The summed E-state index contributed by atoms with van der Waals surface area (Å²) in [6.07, 6.45) is 13.4. The summed E-state index contributed by atoms with van der Waals surface area (Å²) in [6.45, 7) is 6.06. The summed E-state index contributed by atoms with van der Waals surface area (Å²) in [4.78, 5) is 0. The summed E-state index contributed by atoms with van der Waals surface area (Å²) < 4.78 is 6.08. The third kappa shape index (κ3) is 2.89. The van der Waals surface area contributed by atoms with Crippen molar-refractivity contribution in [3.8, 4) is 11.1 Å². The molecule has 1 aliphatic carbocycles. The maximum atomic E-state index is 6.08. The Labute approximate surface area is 148 Å². The van der Waals surface area contributed by atoms with Crippen LogP contribution in [0.1, 0.15) is 23.3 Å². The Hall–Kier alpha value is -3.06. The zero-order valence-electron chi connectivity index (χ0n) is 14.3. The summed E-state index contributed by atoms with van der Waals surface area (Å²) in [5.41, 5.74) is 6.93. The summed E-state index contributed by atoms with van der Waals surface area (Å²) in [7, 11) is 0. The molecule has 0 radical (unpaired) electrons. The molecule has 0 amide bonds. The fourth-order valence-electron chi connectivity index (χ4n) is 3.36. The number of hydrogen-bond donors (Lipinski definition) is 0. The topological polar surface area (TPSA) is 13.1 Å². The van der Waals surface area contributed by atoms with Crippen molar-refractivity contribution in [1.82, 2.24) is 0 Å². The van der Waals surface area contributed by atoms with Crippen LogP contribution in [0.15, 0.2) is 83.3 Å². The van der Waals surface area contributed by atoms with Crippen LogP contribution in [-0.4, -0.2) is 0 Å². The van der Waals surface area contributed by atoms with Gasteiger partial charge in [0.25, 0.3) is 0 Å². The number of hydrogen-bond acceptors (Lipinski definition) is 1. The van der Waals surface area contributed by atoms with Gasteiger partial charge in [-0.1, -0.05) is 72.8 Å². The first-order valence-corrected chi connectivity index (χ1v) is 8.55. The van der Waals surface area contributed by atoms with Crippen LogP contribution in [0.2, 0.25) is 0 Å². The van der Waals surface area contributed by atoms with E-state index in [4.69, 9.17) is 4.42 Å². The second-order valence-corrected chi connectivity index (χ2v) is 6.34. The normalized spacial score (nSPS) is 15.2. The molecule has 1 heteroatoms. The zero-order valence-corrected chi connectivity index (χ0v) is 14.3. The van der Waals surface area contributed by atoms with E-state index >= 15 is 0 Å². The van der Waals surface area contributed by atoms with Crippen molar-refractivity contribution in [1.29, 1.82) is 0 Å². The molecule has 0 spiro atoms. The van der Waals surface area contributed by atoms with E-state index in [-0.39, 0.29) is 0 Å². The minimum atomic E-state index is 0.825. The van der Waals surface area contributed by atoms with Crippen molar-refractivity contribution in [2.24, 2.45) is 0 Å². The summed E-state index contributed by atoms with van der Waals surface area (Å²) in [5, 5.41) is 1.15. The van der Waals surface area contributed by atoms with Crippen molar-refractivity contribution < 1.29 is 4.42 Å². The smallest absolute Gasteiger partial charge is 0.136 e. The minimum absolute atomic E-state index is 0.825. The lowest BCUT2D eigenvalue weighted by molar-refractivity contribution is 0.603. The van der Waals surface area contributed by atoms with E-state index in [2.05, 4.69) is 80.3 Å². The molecule has 0 saturated carbocycles. The molecule has 4 rings (SSSR count). The first-order chi connectivity index (χ1) is 12.3. The molecular formula is C24H20O. The number of aryl methyl sites for hydroxylation is 1. The molecule has 0 atom stereocenters. The number of fused-ring (bicyclic) bond motifs is 1. The lowest BCUT2D eigenvalue weighted by Crippen LogP contribution is -1.85. The highest BCUT2D eigenvalue weighted by Crippen LogP contribution is 2.37. The van der Waals surface area contributed by atoms with Crippen molar-refractivity contribution >= 4 is 23.1 Å². The maximum Gasteiger partial charge on any atom is 0.136 e. The third-order valence-electron chi connectivity index (χ3n) is 4.54. The zero-order chi connectivity index (χ0) is 17.2. The van der Waals surface area contributed by atoms with E-state index in [1.165, 1.54) is 22.3 Å². The van der Waals surface area contributed by atoms with E-state index < -0.39 is 0 Å². The minimum Gasteiger partial charge on any atom is -0.456 e. The Morgan fingerprint density at radius 2 is 1.96 bits per heavy atom. The van der Waals surface area contributed by atoms with Gasteiger partial charge in [0.05, 0.1) is 0 Å². The molecule has 1 nitrogen and oxygen atoms in total. The average molecular weight is 324 g/mol. The van der Waals surface area contributed by atoms with Gasteiger partial charge in [0.2, 0.25) is 0 Å². The number of furan rings is 1. The van der Waals surface area contributed by atoms with Gasteiger partial charge in [0, 0.05) is 10.9 Å². The highest BCUT2D eigenvalue weighted by Gasteiger charge is 2.15. The van der Waals surface area contributed by atoms with Gasteiger partial charge in [-0.25, -0.2) is 0 Å². The van der Waals surface area contributed by atoms with Gasteiger partial charge in [-0.05, 0) is 48.3 Å². The lowest BCUT2D eigenvalue weighted by atomic mass is 9.95. The molecular weight excluding hydrogens is 304 g/mol. The average Bonchev–Trinajstić information content (AvgIpc) is 3.00. The van der Waals surface area contributed by atoms with Gasteiger partial charge in [-0.3, -0.25) is 0 Å². The Morgan fingerprint density at radius 1 is 1.08 bits per heavy atom. The van der Waals surface area contributed by atoms with Crippen LogP contribution < -0.4 is 0 Å². The van der Waals surface area contributed by atoms with E-state index in [0.29, 0.717) is 0 Å². The summed E-state index contributed by atoms with van der Waals surface area (Å²) in [5.74, 6) is 0.825. The SMILES string of the molecule is C=Cc1oc2cccc(-c3cccc(C)c3)c2c1/C=C1/C=CC=CC1. The monoisotopic (exact) mass is 324 g/mol. The maximum absolute atomic E-state index is 6.08. The van der Waals surface area contributed by atoms with Crippen LogP contribution in [0.3, 0.4) is 0 Å². The van der Waals surface area contributed by atoms with Crippen LogP contribution in [0.25, 0.3) is 34.2 Å². The first-order valence-electron chi connectivity index (χ1n) is 8.55. The van der Waals surface area contributed by atoms with E-state index in [1.54, 1.807) is 6.08 Å². The molecule has 0 aliphatic heterocycles. The fraction of sp³-hybridized carbons (Fsp3) is 0.0833. The van der Waals surface area contributed by atoms with Crippen LogP contribution in [0.5, 0.6) is 0 Å². The Bertz CT molecular complexity index is 1040. The van der Waals surface area contributed by atoms with Gasteiger partial charge in [0.15, 0.2) is 0 Å². The molecule has 0 saturated heterocycles. The third-order valence-corrected chi connectivity index (χ3v) is 4.54. The van der Waals surface area contributed by atoms with Crippen molar-refractivity contribution in [3.05, 3.63) is 95.8 Å². The Kier molecular flexibility index (Phi) is 3.99. The van der Waals surface area contributed by atoms with Crippen LogP contribution >= 0.6 is 0 Å². The summed E-state index contributed by atoms with van der Waals surface area (Å²) >= 11 is 0. The van der Waals surface area contributed by atoms with Crippen molar-refractivity contribution in [2.45, 2.75) is 13.3 Å². The molecule has 1 aliphatic rings. The van der Waals surface area contributed by atoms with Gasteiger partial charge in [0.1, 0.15) is 11.3 Å². The largest absolute Gasteiger partial charge is 0.456 e. The predicted molar refractivity (Wildman–Crippen MR) is 107 cm³/mol. The standard InChI is InChI=1S/C24H20O/c1-3-22-21(16-18-10-5-4-6-11-18)24-20(13-8-14-23(24)25-22)19-12-7-9-17(2)15-19/h3-10,12-16H,1,11H2,2H3/b18-16-. The highest BCUT2D eigenvalue weighted by atomic mass is 16.3. The second kappa shape index (κ2) is 6.45. The Morgan fingerprint density at radius 3 is 2.72 bits per heavy atom. The number of allylic oxidation sites excluding steroid dienone is 5. The van der Waals surface area contributed by atoms with Gasteiger partial charge < -0.3 is 4.42 Å². The molecule has 2 aromatic carbocycles. The van der Waals surface area contributed by atoms with Crippen LogP contribution in [-0.2, 0) is 0 Å². The van der Waals surface area contributed by atoms with E-state index in [9.17, 15) is 0 Å². The second-order valence-electron chi connectivity index (χ2n) is 6.34.